The summed E-state index contributed by atoms with van der Waals surface area (Å²) < 4.78 is 44.1. The second kappa shape index (κ2) is 5.03. The van der Waals surface area contributed by atoms with Gasteiger partial charge in [0.05, 0.1) is 11.6 Å². The molecule has 1 amide bonds. The first-order chi connectivity index (χ1) is 9.54. The molecule has 0 radical (unpaired) electrons. The zero-order chi connectivity index (χ0) is 16.0. The Kier molecular flexibility index (Phi) is 3.80. The summed E-state index contributed by atoms with van der Waals surface area (Å²) in [6, 6.07) is 0. The predicted octanol–water partition coefficient (Wildman–Crippen LogP) is 3.34. The Balaban J connectivity index is 2.21. The maximum absolute atomic E-state index is 13.0. The molecule has 4 nitrogen and oxygen atoms in total. The minimum Gasteiger partial charge on any atom is -0.361 e. The van der Waals surface area contributed by atoms with Crippen LogP contribution in [0.4, 0.5) is 13.2 Å². The molecule has 0 bridgehead atoms. The molecule has 7 heteroatoms. The maximum Gasteiger partial charge on any atom is 0.392 e. The van der Waals surface area contributed by atoms with Crippen molar-refractivity contribution in [3.8, 4) is 0 Å². The Morgan fingerprint density at radius 3 is 2.43 bits per heavy atom. The quantitative estimate of drug-likeness (QED) is 0.799. The van der Waals surface area contributed by atoms with E-state index in [4.69, 9.17) is 4.52 Å². The van der Waals surface area contributed by atoms with Gasteiger partial charge in [-0.05, 0) is 25.7 Å². The Labute approximate surface area is 121 Å². The smallest absolute Gasteiger partial charge is 0.361 e. The van der Waals surface area contributed by atoms with Crippen LogP contribution in [0.1, 0.15) is 42.1 Å². The molecule has 2 heterocycles. The molecule has 0 saturated carbocycles. The second-order valence-electron chi connectivity index (χ2n) is 6.30. The van der Waals surface area contributed by atoms with Gasteiger partial charge in [-0.1, -0.05) is 19.0 Å². The largest absolute Gasteiger partial charge is 0.392 e. The van der Waals surface area contributed by atoms with E-state index in [0.717, 1.165) is 0 Å². The summed E-state index contributed by atoms with van der Waals surface area (Å²) in [4.78, 5) is 14.0. The highest BCUT2D eigenvalue weighted by Crippen LogP contribution is 2.45. The van der Waals surface area contributed by atoms with Gasteiger partial charge in [0.1, 0.15) is 11.3 Å². The molecule has 118 valence electrons. The van der Waals surface area contributed by atoms with Crippen molar-refractivity contribution in [1.82, 2.24) is 10.1 Å². The van der Waals surface area contributed by atoms with E-state index in [2.05, 4.69) is 5.16 Å². The van der Waals surface area contributed by atoms with Crippen LogP contribution in [0.2, 0.25) is 0 Å². The topological polar surface area (TPSA) is 46.3 Å². The van der Waals surface area contributed by atoms with Gasteiger partial charge < -0.3 is 9.42 Å². The number of nitrogens with zero attached hydrogens (tertiary/aromatic N) is 2. The van der Waals surface area contributed by atoms with E-state index in [1.54, 1.807) is 27.7 Å². The molecule has 1 fully saturated rings. The third-order valence-corrected chi connectivity index (χ3v) is 4.16. The maximum atomic E-state index is 13.0. The first-order valence-corrected chi connectivity index (χ1v) is 6.83. The summed E-state index contributed by atoms with van der Waals surface area (Å²) in [6.07, 6.45) is -4.31. The van der Waals surface area contributed by atoms with Gasteiger partial charge in [0.15, 0.2) is 0 Å². The number of carbonyl (C=O) groups excluding carboxylic acids is 1. The summed E-state index contributed by atoms with van der Waals surface area (Å²) in [6.45, 7) is 6.55. The van der Waals surface area contributed by atoms with Gasteiger partial charge in [0, 0.05) is 13.1 Å². The fourth-order valence-electron chi connectivity index (χ4n) is 3.08. The van der Waals surface area contributed by atoms with Crippen LogP contribution >= 0.6 is 0 Å². The van der Waals surface area contributed by atoms with Gasteiger partial charge in [-0.2, -0.15) is 13.2 Å². The van der Waals surface area contributed by atoms with E-state index in [1.165, 1.54) is 4.90 Å². The zero-order valence-corrected chi connectivity index (χ0v) is 12.5. The molecule has 0 spiro atoms. The van der Waals surface area contributed by atoms with Crippen LogP contribution in [0.3, 0.4) is 0 Å². The second-order valence-corrected chi connectivity index (χ2v) is 6.30. The van der Waals surface area contributed by atoms with Gasteiger partial charge in [-0.25, -0.2) is 0 Å². The van der Waals surface area contributed by atoms with Crippen LogP contribution in [-0.4, -0.2) is 35.2 Å². The fraction of sp³-hybridized carbons (Fsp3) is 0.714. The Morgan fingerprint density at radius 2 is 2.00 bits per heavy atom. The van der Waals surface area contributed by atoms with E-state index >= 15 is 0 Å². The number of likely N-dealkylation sites (tertiary alicyclic amines) is 1. The number of aromatic nitrogens is 1. The molecule has 1 unspecified atom stereocenters. The molecule has 0 aliphatic carbocycles. The molecule has 1 aromatic rings. The van der Waals surface area contributed by atoms with Crippen LogP contribution in [0.25, 0.3) is 0 Å². The molecule has 2 rings (SSSR count). The molecule has 1 aliphatic heterocycles. The first-order valence-electron chi connectivity index (χ1n) is 6.83. The molecule has 1 saturated heterocycles. The van der Waals surface area contributed by atoms with E-state index in [-0.39, 0.29) is 25.4 Å². The number of carbonyl (C=O) groups is 1. The first kappa shape index (κ1) is 15.9. The van der Waals surface area contributed by atoms with Crippen molar-refractivity contribution in [2.24, 2.45) is 11.3 Å². The lowest BCUT2D eigenvalue weighted by Crippen LogP contribution is -2.52. The van der Waals surface area contributed by atoms with E-state index in [9.17, 15) is 18.0 Å². The fourth-order valence-corrected chi connectivity index (χ4v) is 3.08. The van der Waals surface area contributed by atoms with Crippen LogP contribution in [0, 0.1) is 25.2 Å². The van der Waals surface area contributed by atoms with E-state index in [1.807, 2.05) is 0 Å². The van der Waals surface area contributed by atoms with E-state index < -0.39 is 17.5 Å². The van der Waals surface area contributed by atoms with Crippen LogP contribution in [-0.2, 0) is 0 Å². The number of hydrogen-bond acceptors (Lipinski definition) is 3. The third-order valence-electron chi connectivity index (χ3n) is 4.16. The molecule has 21 heavy (non-hydrogen) atoms. The van der Waals surface area contributed by atoms with Gasteiger partial charge in [0.25, 0.3) is 5.91 Å². The third kappa shape index (κ3) is 2.91. The average molecular weight is 304 g/mol. The van der Waals surface area contributed by atoms with Crippen molar-refractivity contribution in [2.45, 2.75) is 40.3 Å². The molecule has 1 atom stereocenters. The number of alkyl halides is 3. The Bertz CT molecular complexity index is 529. The average Bonchev–Trinajstić information content (AvgIpc) is 2.65. The number of halogens is 3. The summed E-state index contributed by atoms with van der Waals surface area (Å²) in [5.41, 5.74) is -0.185. The summed E-state index contributed by atoms with van der Waals surface area (Å²) in [5, 5.41) is 3.72. The van der Waals surface area contributed by atoms with Gasteiger partial charge >= 0.3 is 6.18 Å². The predicted molar refractivity (Wildman–Crippen MR) is 69.8 cm³/mol. The van der Waals surface area contributed by atoms with E-state index in [0.29, 0.717) is 17.0 Å². The highest BCUT2D eigenvalue weighted by atomic mass is 19.4. The number of piperidine rings is 1. The van der Waals surface area contributed by atoms with Crippen molar-refractivity contribution < 1.29 is 22.5 Å². The van der Waals surface area contributed by atoms with Crippen LogP contribution in [0.5, 0.6) is 0 Å². The summed E-state index contributed by atoms with van der Waals surface area (Å²) in [7, 11) is 0. The number of amides is 1. The summed E-state index contributed by atoms with van der Waals surface area (Å²) >= 11 is 0. The Hall–Kier alpha value is -1.53. The molecular formula is C14H19F3N2O2. The molecule has 1 aromatic heterocycles. The van der Waals surface area contributed by atoms with Gasteiger partial charge in [0.2, 0.25) is 0 Å². The van der Waals surface area contributed by atoms with Gasteiger partial charge in [-0.3, -0.25) is 4.79 Å². The lowest BCUT2D eigenvalue weighted by atomic mass is 9.73. The lowest BCUT2D eigenvalue weighted by Gasteiger charge is -2.44. The van der Waals surface area contributed by atoms with Crippen molar-refractivity contribution in [1.29, 1.82) is 0 Å². The molecular weight excluding hydrogens is 285 g/mol. The minimum atomic E-state index is -4.23. The number of rotatable bonds is 1. The van der Waals surface area contributed by atoms with Crippen molar-refractivity contribution in [2.75, 3.05) is 13.1 Å². The standard InChI is InChI=1S/C14H19F3N2O2/c1-8-11(9(2)21-18-8)12(20)19-6-5-10(14(15,16)17)13(3,4)7-19/h10H,5-7H2,1-4H3. The normalized spacial score (nSPS) is 22.4. The molecule has 0 N–H and O–H groups in total. The minimum absolute atomic E-state index is 0.0695. The molecule has 0 aromatic carbocycles. The number of hydrogen-bond donors (Lipinski definition) is 0. The Morgan fingerprint density at radius 1 is 1.38 bits per heavy atom. The van der Waals surface area contributed by atoms with Gasteiger partial charge in [-0.15, -0.1) is 0 Å². The summed E-state index contributed by atoms with van der Waals surface area (Å²) in [5.74, 6) is -1.30. The highest BCUT2D eigenvalue weighted by molar-refractivity contribution is 5.96. The van der Waals surface area contributed by atoms with Crippen molar-refractivity contribution >= 4 is 5.91 Å². The zero-order valence-electron chi connectivity index (χ0n) is 12.5. The van der Waals surface area contributed by atoms with Crippen molar-refractivity contribution in [3.05, 3.63) is 17.0 Å². The molecule has 1 aliphatic rings. The monoisotopic (exact) mass is 304 g/mol. The lowest BCUT2D eigenvalue weighted by molar-refractivity contribution is -0.214. The van der Waals surface area contributed by atoms with Crippen LogP contribution in [0.15, 0.2) is 4.52 Å². The number of aryl methyl sites for hydroxylation is 2. The van der Waals surface area contributed by atoms with Crippen molar-refractivity contribution in [3.63, 3.8) is 0 Å². The SMILES string of the molecule is Cc1noc(C)c1C(=O)N1CCC(C(F)(F)F)C(C)(C)C1. The highest BCUT2D eigenvalue weighted by Gasteiger charge is 2.52. The van der Waals surface area contributed by atoms with Crippen LogP contribution < -0.4 is 0 Å².